The Labute approximate surface area is 162 Å². The molecule has 7 heteroatoms. The molecular formula is C21H21F2N3O2. The fourth-order valence-corrected chi connectivity index (χ4v) is 2.88. The molecule has 0 bridgehead atoms. The molecule has 0 saturated carbocycles. The number of nitrogens with zero attached hydrogens (tertiary/aromatic N) is 3. The summed E-state index contributed by atoms with van der Waals surface area (Å²) in [7, 11) is 1.67. The van der Waals surface area contributed by atoms with E-state index in [1.54, 1.807) is 44.3 Å². The van der Waals surface area contributed by atoms with Gasteiger partial charge in [0, 0.05) is 31.0 Å². The molecule has 0 saturated heterocycles. The molecule has 0 radical (unpaired) electrons. The lowest BCUT2D eigenvalue weighted by Crippen LogP contribution is -2.30. The Morgan fingerprint density at radius 2 is 1.86 bits per heavy atom. The van der Waals surface area contributed by atoms with Crippen LogP contribution in [0.3, 0.4) is 0 Å². The summed E-state index contributed by atoms with van der Waals surface area (Å²) in [6, 6.07) is 11.9. The normalized spacial score (nSPS) is 12.0. The van der Waals surface area contributed by atoms with Gasteiger partial charge < -0.3 is 9.42 Å². The van der Waals surface area contributed by atoms with Gasteiger partial charge in [-0.2, -0.15) is 4.98 Å². The van der Waals surface area contributed by atoms with Gasteiger partial charge >= 0.3 is 0 Å². The molecule has 2 aromatic carbocycles. The molecule has 0 N–H and O–H groups in total. The lowest BCUT2D eigenvalue weighted by atomic mass is 10.1. The van der Waals surface area contributed by atoms with Crippen molar-refractivity contribution in [3.8, 4) is 11.4 Å². The van der Waals surface area contributed by atoms with Gasteiger partial charge in [0.2, 0.25) is 17.6 Å². The van der Waals surface area contributed by atoms with Crippen molar-refractivity contribution in [1.29, 1.82) is 0 Å². The quantitative estimate of drug-likeness (QED) is 0.598. The van der Waals surface area contributed by atoms with Crippen molar-refractivity contribution in [3.63, 3.8) is 0 Å². The average molecular weight is 385 g/mol. The lowest BCUT2D eigenvalue weighted by molar-refractivity contribution is -0.131. The Morgan fingerprint density at radius 1 is 1.14 bits per heavy atom. The van der Waals surface area contributed by atoms with Gasteiger partial charge in [0.25, 0.3) is 0 Å². The van der Waals surface area contributed by atoms with Gasteiger partial charge in [0.15, 0.2) is 0 Å². The summed E-state index contributed by atoms with van der Waals surface area (Å²) in [5, 5.41) is 3.88. The van der Waals surface area contributed by atoms with Crippen LogP contribution in [0.4, 0.5) is 8.78 Å². The van der Waals surface area contributed by atoms with Crippen LogP contribution in [-0.4, -0.2) is 28.0 Å². The van der Waals surface area contributed by atoms with Crippen molar-refractivity contribution in [2.24, 2.45) is 0 Å². The number of benzene rings is 2. The molecule has 5 nitrogen and oxygen atoms in total. The third-order valence-corrected chi connectivity index (χ3v) is 4.68. The molecule has 1 heterocycles. The number of carbonyl (C=O) groups is 1. The highest BCUT2D eigenvalue weighted by atomic mass is 19.1. The number of aromatic nitrogens is 2. The summed E-state index contributed by atoms with van der Waals surface area (Å²) in [5.74, 6) is 0.0473. The number of hydrogen-bond acceptors (Lipinski definition) is 4. The van der Waals surface area contributed by atoms with Crippen molar-refractivity contribution in [2.75, 3.05) is 7.05 Å². The molecule has 3 aromatic rings. The van der Waals surface area contributed by atoms with Crippen molar-refractivity contribution >= 4 is 5.91 Å². The van der Waals surface area contributed by atoms with Crippen molar-refractivity contribution in [2.45, 2.75) is 32.2 Å². The van der Waals surface area contributed by atoms with Crippen LogP contribution in [0.25, 0.3) is 11.4 Å². The summed E-state index contributed by atoms with van der Waals surface area (Å²) >= 11 is 0. The SMILES string of the molecule is CC(c1ccccc1F)N(C)C(=O)CCCc1nc(-c2ccc(F)cc2)no1. The van der Waals surface area contributed by atoms with E-state index in [1.807, 2.05) is 0 Å². The van der Waals surface area contributed by atoms with E-state index in [9.17, 15) is 13.6 Å². The maximum atomic E-state index is 13.9. The van der Waals surface area contributed by atoms with Crippen LogP contribution in [-0.2, 0) is 11.2 Å². The van der Waals surface area contributed by atoms with Crippen LogP contribution in [0, 0.1) is 11.6 Å². The topological polar surface area (TPSA) is 59.2 Å². The van der Waals surface area contributed by atoms with Crippen molar-refractivity contribution in [1.82, 2.24) is 15.0 Å². The molecule has 146 valence electrons. The van der Waals surface area contributed by atoms with E-state index >= 15 is 0 Å². The molecule has 1 aromatic heterocycles. The lowest BCUT2D eigenvalue weighted by Gasteiger charge is -2.25. The summed E-state index contributed by atoms with van der Waals surface area (Å²) in [4.78, 5) is 18.2. The number of amides is 1. The molecule has 0 fully saturated rings. The molecular weight excluding hydrogens is 364 g/mol. The first-order valence-corrected chi connectivity index (χ1v) is 9.04. The highest BCUT2D eigenvalue weighted by Gasteiger charge is 2.20. The highest BCUT2D eigenvalue weighted by Crippen LogP contribution is 2.22. The van der Waals surface area contributed by atoms with Gasteiger partial charge in [0.1, 0.15) is 11.6 Å². The molecule has 0 aliphatic heterocycles. The minimum Gasteiger partial charge on any atom is -0.339 e. The number of hydrogen-bond donors (Lipinski definition) is 0. The maximum absolute atomic E-state index is 13.9. The van der Waals surface area contributed by atoms with Gasteiger partial charge in [-0.3, -0.25) is 4.79 Å². The first-order chi connectivity index (χ1) is 13.5. The number of halogens is 2. The fraction of sp³-hybridized carbons (Fsp3) is 0.286. The molecule has 0 spiro atoms. The van der Waals surface area contributed by atoms with E-state index < -0.39 is 0 Å². The van der Waals surface area contributed by atoms with E-state index in [0.29, 0.717) is 35.7 Å². The molecule has 1 atom stereocenters. The monoisotopic (exact) mass is 385 g/mol. The molecule has 3 rings (SSSR count). The average Bonchev–Trinajstić information content (AvgIpc) is 3.16. The van der Waals surface area contributed by atoms with Gasteiger partial charge in [-0.1, -0.05) is 23.4 Å². The summed E-state index contributed by atoms with van der Waals surface area (Å²) in [5.41, 5.74) is 1.14. The first kappa shape index (κ1) is 19.7. The van der Waals surface area contributed by atoms with Crippen molar-refractivity contribution < 1.29 is 18.1 Å². The number of aryl methyl sites for hydroxylation is 1. The Bertz CT molecular complexity index is 941. The van der Waals surface area contributed by atoms with E-state index in [4.69, 9.17) is 4.52 Å². The molecule has 1 amide bonds. The van der Waals surface area contributed by atoms with Crippen LogP contribution in [0.5, 0.6) is 0 Å². The van der Waals surface area contributed by atoms with Crippen LogP contribution < -0.4 is 0 Å². The third kappa shape index (κ3) is 4.60. The second-order valence-corrected chi connectivity index (χ2v) is 6.57. The maximum Gasteiger partial charge on any atom is 0.226 e. The first-order valence-electron chi connectivity index (χ1n) is 9.04. The zero-order chi connectivity index (χ0) is 20.1. The van der Waals surface area contributed by atoms with Gasteiger partial charge in [-0.15, -0.1) is 0 Å². The number of rotatable bonds is 7. The summed E-state index contributed by atoms with van der Waals surface area (Å²) in [6.07, 6.45) is 1.25. The van der Waals surface area contributed by atoms with Gasteiger partial charge in [-0.05, 0) is 43.7 Å². The van der Waals surface area contributed by atoms with E-state index in [-0.39, 0.29) is 30.0 Å². The smallest absolute Gasteiger partial charge is 0.226 e. The Hall–Kier alpha value is -3.09. The number of carbonyl (C=O) groups excluding carboxylic acids is 1. The Balaban J connectivity index is 1.53. The highest BCUT2D eigenvalue weighted by molar-refractivity contribution is 5.76. The minimum atomic E-state index is -0.359. The Morgan fingerprint density at radius 3 is 2.57 bits per heavy atom. The zero-order valence-electron chi connectivity index (χ0n) is 15.7. The molecule has 0 aliphatic rings. The summed E-state index contributed by atoms with van der Waals surface area (Å²) < 4.78 is 32.1. The van der Waals surface area contributed by atoms with Gasteiger partial charge in [-0.25, -0.2) is 8.78 Å². The predicted molar refractivity (Wildman–Crippen MR) is 100 cm³/mol. The van der Waals surface area contributed by atoms with E-state index in [1.165, 1.54) is 23.1 Å². The van der Waals surface area contributed by atoms with E-state index in [2.05, 4.69) is 10.1 Å². The molecule has 1 unspecified atom stereocenters. The largest absolute Gasteiger partial charge is 0.339 e. The van der Waals surface area contributed by atoms with Crippen molar-refractivity contribution in [3.05, 3.63) is 71.6 Å². The Kier molecular flexibility index (Phi) is 6.13. The van der Waals surface area contributed by atoms with Crippen LogP contribution >= 0.6 is 0 Å². The second kappa shape index (κ2) is 8.73. The minimum absolute atomic E-state index is 0.0889. The van der Waals surface area contributed by atoms with Crippen LogP contribution in [0.2, 0.25) is 0 Å². The van der Waals surface area contributed by atoms with Gasteiger partial charge in [0.05, 0.1) is 6.04 Å². The molecule has 0 aliphatic carbocycles. The van der Waals surface area contributed by atoms with E-state index in [0.717, 1.165) is 0 Å². The van der Waals surface area contributed by atoms with Crippen LogP contribution in [0.15, 0.2) is 53.1 Å². The zero-order valence-corrected chi connectivity index (χ0v) is 15.7. The predicted octanol–water partition coefficient (Wildman–Crippen LogP) is 4.56. The standard InChI is InChI=1S/C21H21F2N3O2/c1-14(17-6-3-4-7-18(17)23)26(2)20(27)9-5-8-19-24-21(25-28-19)15-10-12-16(22)13-11-15/h3-4,6-7,10-14H,5,8-9H2,1-2H3. The van der Waals surface area contributed by atoms with Crippen LogP contribution in [0.1, 0.15) is 37.3 Å². The fourth-order valence-electron chi connectivity index (χ4n) is 2.88. The molecule has 28 heavy (non-hydrogen) atoms. The third-order valence-electron chi connectivity index (χ3n) is 4.68. The second-order valence-electron chi connectivity index (χ2n) is 6.57. The summed E-state index contributed by atoms with van der Waals surface area (Å²) in [6.45, 7) is 1.79.